The Morgan fingerprint density at radius 1 is 1.55 bits per heavy atom. The molecule has 0 radical (unpaired) electrons. The van der Waals surface area contributed by atoms with Crippen LogP contribution in [0.5, 0.6) is 0 Å². The van der Waals surface area contributed by atoms with Crippen molar-refractivity contribution in [1.29, 1.82) is 0 Å². The molecule has 1 fully saturated rings. The van der Waals surface area contributed by atoms with E-state index >= 15 is 0 Å². The zero-order chi connectivity index (χ0) is 14.1. The fourth-order valence-corrected chi connectivity index (χ4v) is 3.29. The molecule has 3 atom stereocenters. The van der Waals surface area contributed by atoms with Crippen molar-refractivity contribution in [2.45, 2.75) is 32.6 Å². The Morgan fingerprint density at radius 2 is 2.40 bits per heavy atom. The smallest absolute Gasteiger partial charge is 0.145 e. The summed E-state index contributed by atoms with van der Waals surface area (Å²) in [6.45, 7) is 4.83. The lowest BCUT2D eigenvalue weighted by atomic mass is 10.0. The molecule has 0 saturated carbocycles. The van der Waals surface area contributed by atoms with Gasteiger partial charge in [0.2, 0.25) is 0 Å². The van der Waals surface area contributed by atoms with Crippen LogP contribution in [0.1, 0.15) is 25.3 Å². The number of fused-ring (bicyclic) bond motifs is 1. The first-order valence-electron chi connectivity index (χ1n) is 6.54. The number of aromatic nitrogens is 3. The van der Waals surface area contributed by atoms with E-state index in [9.17, 15) is 0 Å². The van der Waals surface area contributed by atoms with Crippen LogP contribution in [0, 0.1) is 12.8 Å². The van der Waals surface area contributed by atoms with Crippen LogP contribution in [0.3, 0.4) is 0 Å². The minimum atomic E-state index is 0.0320. The molecule has 108 valence electrons. The van der Waals surface area contributed by atoms with Crippen molar-refractivity contribution in [3.8, 4) is 0 Å². The van der Waals surface area contributed by atoms with E-state index in [4.69, 9.17) is 8.92 Å². The number of nitrogens with zero attached hydrogens (tertiary/aromatic N) is 3. The molecule has 0 N–H and O–H groups in total. The molecular formula is C13H16IN3O2S. The second-order valence-corrected chi connectivity index (χ2v) is 6.55. The van der Waals surface area contributed by atoms with Crippen LogP contribution in [0.2, 0.25) is 0 Å². The number of ether oxygens (including phenoxy) is 1. The first kappa shape index (κ1) is 14.6. The van der Waals surface area contributed by atoms with Gasteiger partial charge in [0.15, 0.2) is 0 Å². The van der Waals surface area contributed by atoms with Gasteiger partial charge in [0.25, 0.3) is 0 Å². The molecule has 0 spiro atoms. The van der Waals surface area contributed by atoms with Gasteiger partial charge >= 0.3 is 0 Å². The molecule has 5 nitrogen and oxygen atoms in total. The molecule has 1 aliphatic heterocycles. The molecule has 3 heterocycles. The SMILES string of the molecule is Cc1ncnc2c1ccn2C1CC(C)C(COSI)O1. The molecule has 1 aliphatic rings. The predicted molar refractivity (Wildman–Crippen MR) is 87.5 cm³/mol. The second-order valence-electron chi connectivity index (χ2n) is 5.11. The van der Waals surface area contributed by atoms with E-state index in [1.165, 1.54) is 9.21 Å². The average molecular weight is 405 g/mol. The second kappa shape index (κ2) is 6.17. The van der Waals surface area contributed by atoms with Gasteiger partial charge in [-0.05, 0) is 25.3 Å². The van der Waals surface area contributed by atoms with Gasteiger partial charge in [0.1, 0.15) is 18.2 Å². The van der Waals surface area contributed by atoms with Crippen molar-refractivity contribution in [3.05, 3.63) is 24.3 Å². The van der Waals surface area contributed by atoms with Crippen LogP contribution < -0.4 is 0 Å². The average Bonchev–Trinajstić information content (AvgIpc) is 3.01. The van der Waals surface area contributed by atoms with Crippen LogP contribution in [-0.4, -0.2) is 27.2 Å². The molecule has 7 heteroatoms. The molecule has 3 rings (SSSR count). The lowest BCUT2D eigenvalue weighted by molar-refractivity contribution is -0.0189. The maximum absolute atomic E-state index is 6.13. The van der Waals surface area contributed by atoms with E-state index in [1.54, 1.807) is 6.33 Å². The van der Waals surface area contributed by atoms with Crippen molar-refractivity contribution in [2.75, 3.05) is 6.61 Å². The zero-order valence-electron chi connectivity index (χ0n) is 11.3. The summed E-state index contributed by atoms with van der Waals surface area (Å²) in [6.07, 6.45) is 4.81. The first-order chi connectivity index (χ1) is 9.70. The maximum Gasteiger partial charge on any atom is 0.145 e. The monoisotopic (exact) mass is 405 g/mol. The summed E-state index contributed by atoms with van der Waals surface area (Å²) in [5.74, 6) is 0.476. The van der Waals surface area contributed by atoms with Gasteiger partial charge < -0.3 is 13.5 Å². The van der Waals surface area contributed by atoms with E-state index in [0.29, 0.717) is 12.5 Å². The number of hydrogen-bond donors (Lipinski definition) is 0. The van der Waals surface area contributed by atoms with Crippen LogP contribution in [0.15, 0.2) is 18.6 Å². The summed E-state index contributed by atoms with van der Waals surface area (Å²) in [6, 6.07) is 2.06. The van der Waals surface area contributed by atoms with Crippen LogP contribution in [0.4, 0.5) is 0 Å². The largest absolute Gasteiger partial charge is 0.352 e. The quantitative estimate of drug-likeness (QED) is 0.574. The molecule has 0 bridgehead atoms. The number of rotatable bonds is 4. The third kappa shape index (κ3) is 2.68. The molecule has 20 heavy (non-hydrogen) atoms. The fraction of sp³-hybridized carbons (Fsp3) is 0.538. The Labute approximate surface area is 134 Å². The normalized spacial score (nSPS) is 26.4. The molecule has 2 aromatic rings. The van der Waals surface area contributed by atoms with Crippen molar-refractivity contribution in [1.82, 2.24) is 14.5 Å². The van der Waals surface area contributed by atoms with E-state index in [-0.39, 0.29) is 12.3 Å². The molecule has 0 aromatic carbocycles. The molecular weight excluding hydrogens is 389 g/mol. The van der Waals surface area contributed by atoms with Gasteiger partial charge in [-0.15, -0.1) is 0 Å². The summed E-state index contributed by atoms with van der Waals surface area (Å²) < 4.78 is 13.6. The van der Waals surface area contributed by atoms with Gasteiger partial charge in [0, 0.05) is 32.8 Å². The predicted octanol–water partition coefficient (Wildman–Crippen LogP) is 3.68. The minimum Gasteiger partial charge on any atom is -0.352 e. The number of halogens is 1. The van der Waals surface area contributed by atoms with E-state index in [0.717, 1.165) is 23.1 Å². The Balaban J connectivity index is 1.84. The van der Waals surface area contributed by atoms with Crippen LogP contribution in [-0.2, 0) is 8.92 Å². The molecule has 2 aromatic heterocycles. The molecule has 0 aliphatic carbocycles. The van der Waals surface area contributed by atoms with Crippen LogP contribution >= 0.6 is 30.4 Å². The van der Waals surface area contributed by atoms with Crippen LogP contribution in [0.25, 0.3) is 11.0 Å². The van der Waals surface area contributed by atoms with E-state index in [2.05, 4.69) is 48.7 Å². The van der Waals surface area contributed by atoms with Gasteiger partial charge in [-0.1, -0.05) is 6.92 Å². The topological polar surface area (TPSA) is 49.2 Å². The van der Waals surface area contributed by atoms with E-state index in [1.807, 2.05) is 13.1 Å². The standard InChI is InChI=1S/C13H16IN3O2S/c1-8-5-12(19-11(8)6-18-20-14)17-4-3-10-9(2)15-7-16-13(10)17/h3-4,7-8,11-12H,5-6H2,1-2H3. The summed E-state index contributed by atoms with van der Waals surface area (Å²) in [4.78, 5) is 8.62. The third-order valence-corrected chi connectivity index (χ3v) is 4.82. The van der Waals surface area contributed by atoms with E-state index < -0.39 is 0 Å². The maximum atomic E-state index is 6.13. The fourth-order valence-electron chi connectivity index (χ4n) is 2.67. The lowest BCUT2D eigenvalue weighted by Crippen LogP contribution is -2.19. The summed E-state index contributed by atoms with van der Waals surface area (Å²) >= 11 is 2.13. The Bertz CT molecular complexity index is 606. The Morgan fingerprint density at radius 3 is 3.20 bits per heavy atom. The van der Waals surface area contributed by atoms with Crippen molar-refractivity contribution < 1.29 is 8.92 Å². The highest BCUT2D eigenvalue weighted by Crippen LogP contribution is 2.36. The minimum absolute atomic E-state index is 0.0320. The summed E-state index contributed by atoms with van der Waals surface area (Å²) in [5, 5.41) is 1.09. The molecule has 0 amide bonds. The highest BCUT2D eigenvalue weighted by Gasteiger charge is 2.34. The van der Waals surface area contributed by atoms with Crippen molar-refractivity contribution in [2.24, 2.45) is 5.92 Å². The highest BCUT2D eigenvalue weighted by atomic mass is 127. The lowest BCUT2D eigenvalue weighted by Gasteiger charge is -2.15. The van der Waals surface area contributed by atoms with Gasteiger partial charge in [0.05, 0.1) is 27.6 Å². The summed E-state index contributed by atoms with van der Waals surface area (Å²) in [5.41, 5.74) is 1.94. The molecule has 1 saturated heterocycles. The van der Waals surface area contributed by atoms with Gasteiger partial charge in [-0.25, -0.2) is 9.97 Å². The molecule has 3 unspecified atom stereocenters. The Hall–Kier alpha value is -0.380. The first-order valence-corrected chi connectivity index (χ1v) is 9.83. The van der Waals surface area contributed by atoms with Gasteiger partial charge in [-0.2, -0.15) is 0 Å². The van der Waals surface area contributed by atoms with Crippen molar-refractivity contribution in [3.63, 3.8) is 0 Å². The summed E-state index contributed by atoms with van der Waals surface area (Å²) in [7, 11) is 1.36. The zero-order valence-corrected chi connectivity index (χ0v) is 14.3. The highest BCUT2D eigenvalue weighted by molar-refractivity contribution is 14.2. The number of aryl methyl sites for hydroxylation is 1. The Kier molecular flexibility index (Phi) is 4.49. The third-order valence-electron chi connectivity index (χ3n) is 3.84. The van der Waals surface area contributed by atoms with Crippen molar-refractivity contribution >= 4 is 41.5 Å². The number of hydrogen-bond acceptors (Lipinski definition) is 5. The van der Waals surface area contributed by atoms with Gasteiger partial charge in [-0.3, -0.25) is 0 Å².